The van der Waals surface area contributed by atoms with Crippen LogP contribution < -0.4 is 0 Å². The van der Waals surface area contributed by atoms with Gasteiger partial charge in [-0.2, -0.15) is 0 Å². The molecule has 1 aromatic rings. The summed E-state index contributed by atoms with van der Waals surface area (Å²) in [6.07, 6.45) is 0. The van der Waals surface area contributed by atoms with E-state index in [1.807, 2.05) is 4.90 Å². The molecule has 22 heavy (non-hydrogen) atoms. The monoisotopic (exact) mass is 308 g/mol. The van der Waals surface area contributed by atoms with Crippen molar-refractivity contribution in [2.45, 2.75) is 19.5 Å². The fourth-order valence-electron chi connectivity index (χ4n) is 2.86. The van der Waals surface area contributed by atoms with Gasteiger partial charge in [0.25, 0.3) is 5.91 Å². The second kappa shape index (κ2) is 6.76. The van der Waals surface area contributed by atoms with Crippen LogP contribution in [0.5, 0.6) is 0 Å². The van der Waals surface area contributed by atoms with Gasteiger partial charge >= 0.3 is 0 Å². The van der Waals surface area contributed by atoms with Crippen molar-refractivity contribution in [3.8, 4) is 0 Å². The smallest absolute Gasteiger partial charge is 0.276 e. The molecule has 2 aliphatic rings. The Morgan fingerprint density at radius 3 is 2.82 bits per heavy atom. The minimum atomic E-state index is -0.0306. The van der Waals surface area contributed by atoms with Crippen molar-refractivity contribution in [2.75, 3.05) is 53.0 Å². The van der Waals surface area contributed by atoms with Crippen molar-refractivity contribution in [2.24, 2.45) is 0 Å². The van der Waals surface area contributed by atoms with Gasteiger partial charge in [-0.3, -0.25) is 9.69 Å². The van der Waals surface area contributed by atoms with Crippen LogP contribution in [0.1, 0.15) is 23.2 Å². The van der Waals surface area contributed by atoms with Crippen molar-refractivity contribution in [1.82, 2.24) is 19.9 Å². The molecular formula is C15H24N4O3. The van der Waals surface area contributed by atoms with E-state index in [9.17, 15) is 4.79 Å². The Hall–Kier alpha value is -1.44. The lowest BCUT2D eigenvalue weighted by molar-refractivity contribution is 0.0305. The van der Waals surface area contributed by atoms with Crippen LogP contribution in [0.25, 0.3) is 0 Å². The van der Waals surface area contributed by atoms with E-state index >= 15 is 0 Å². The minimum Gasteiger partial charge on any atom is -0.379 e. The molecule has 1 amide bonds. The van der Waals surface area contributed by atoms with E-state index in [0.717, 1.165) is 51.7 Å². The maximum Gasteiger partial charge on any atom is 0.276 e. The third-order valence-electron chi connectivity index (χ3n) is 4.51. The molecule has 0 aliphatic carbocycles. The number of carbonyl (C=O) groups excluding carboxylic acids is 1. The quantitative estimate of drug-likeness (QED) is 0.799. The summed E-state index contributed by atoms with van der Waals surface area (Å²) in [6.45, 7) is 8.46. The fraction of sp³-hybridized carbons (Fsp3) is 0.733. The summed E-state index contributed by atoms with van der Waals surface area (Å²) >= 11 is 0. The van der Waals surface area contributed by atoms with Gasteiger partial charge in [-0.25, -0.2) is 0 Å². The first-order valence-corrected chi connectivity index (χ1v) is 7.88. The number of hydrogen-bond donors (Lipinski definition) is 0. The molecule has 0 unspecified atom stereocenters. The molecule has 0 bridgehead atoms. The van der Waals surface area contributed by atoms with E-state index in [-0.39, 0.29) is 5.91 Å². The topological polar surface area (TPSA) is 62.1 Å². The highest BCUT2D eigenvalue weighted by Crippen LogP contribution is 2.14. The van der Waals surface area contributed by atoms with Crippen LogP contribution in [0, 0.1) is 0 Å². The molecule has 2 saturated heterocycles. The number of amides is 1. The molecule has 0 radical (unpaired) electrons. The van der Waals surface area contributed by atoms with Gasteiger partial charge in [0.1, 0.15) is 0 Å². The van der Waals surface area contributed by atoms with Gasteiger partial charge in [0.2, 0.25) is 0 Å². The van der Waals surface area contributed by atoms with E-state index < -0.39 is 0 Å². The predicted octanol–water partition coefficient (Wildman–Crippen LogP) is 0.283. The first kappa shape index (κ1) is 15.5. The number of nitrogens with zero attached hydrogens (tertiary/aromatic N) is 4. The van der Waals surface area contributed by atoms with Crippen molar-refractivity contribution >= 4 is 5.91 Å². The Bertz CT molecular complexity index is 513. The van der Waals surface area contributed by atoms with E-state index in [1.165, 1.54) is 0 Å². The lowest BCUT2D eigenvalue weighted by Crippen LogP contribution is -2.52. The van der Waals surface area contributed by atoms with Crippen LogP contribution in [-0.2, 0) is 11.3 Å². The predicted molar refractivity (Wildman–Crippen MR) is 80.6 cm³/mol. The molecule has 1 aromatic heterocycles. The zero-order valence-corrected chi connectivity index (χ0v) is 13.3. The molecule has 3 rings (SSSR count). The standard InChI is InChI=1S/C15H24N4O3/c1-12-10-19(4-3-17(12)2)15(20)14-9-13(22-16-14)11-18-5-7-21-8-6-18/h9,12H,3-8,10-11H2,1-2H3/t12-/m0/s1. The van der Waals surface area contributed by atoms with Crippen LogP contribution in [0.15, 0.2) is 10.6 Å². The number of piperazine rings is 1. The lowest BCUT2D eigenvalue weighted by atomic mass is 10.2. The first-order valence-electron chi connectivity index (χ1n) is 7.88. The summed E-state index contributed by atoms with van der Waals surface area (Å²) in [7, 11) is 2.09. The normalized spacial score (nSPS) is 24.6. The van der Waals surface area contributed by atoms with E-state index in [1.54, 1.807) is 6.07 Å². The highest BCUT2D eigenvalue weighted by atomic mass is 16.5. The van der Waals surface area contributed by atoms with Gasteiger partial charge < -0.3 is 19.1 Å². The molecule has 0 N–H and O–H groups in total. The third-order valence-corrected chi connectivity index (χ3v) is 4.51. The Morgan fingerprint density at radius 2 is 2.09 bits per heavy atom. The summed E-state index contributed by atoms with van der Waals surface area (Å²) in [4.78, 5) is 18.9. The molecule has 1 atom stereocenters. The number of likely N-dealkylation sites (N-methyl/N-ethyl adjacent to an activating group) is 1. The highest BCUT2D eigenvalue weighted by molar-refractivity contribution is 5.92. The minimum absolute atomic E-state index is 0.0306. The maximum absolute atomic E-state index is 12.5. The zero-order valence-electron chi connectivity index (χ0n) is 13.3. The van der Waals surface area contributed by atoms with Crippen molar-refractivity contribution in [3.63, 3.8) is 0 Å². The van der Waals surface area contributed by atoms with Crippen LogP contribution in [0.4, 0.5) is 0 Å². The van der Waals surface area contributed by atoms with Gasteiger partial charge in [0.15, 0.2) is 11.5 Å². The van der Waals surface area contributed by atoms with Gasteiger partial charge in [-0.15, -0.1) is 0 Å². The molecule has 2 fully saturated rings. The fourth-order valence-corrected chi connectivity index (χ4v) is 2.86. The van der Waals surface area contributed by atoms with E-state index in [4.69, 9.17) is 9.26 Å². The third kappa shape index (κ3) is 3.48. The lowest BCUT2D eigenvalue weighted by Gasteiger charge is -2.37. The molecule has 3 heterocycles. The molecular weight excluding hydrogens is 284 g/mol. The average Bonchev–Trinajstić information content (AvgIpc) is 2.99. The molecule has 2 aliphatic heterocycles. The number of carbonyl (C=O) groups is 1. The molecule has 0 saturated carbocycles. The summed E-state index contributed by atoms with van der Waals surface area (Å²) in [5.41, 5.74) is 0.417. The van der Waals surface area contributed by atoms with Crippen LogP contribution >= 0.6 is 0 Å². The van der Waals surface area contributed by atoms with Crippen LogP contribution in [0.2, 0.25) is 0 Å². The van der Waals surface area contributed by atoms with Gasteiger partial charge in [0.05, 0.1) is 19.8 Å². The van der Waals surface area contributed by atoms with Crippen molar-refractivity contribution in [1.29, 1.82) is 0 Å². The second-order valence-electron chi connectivity index (χ2n) is 6.15. The van der Waals surface area contributed by atoms with Gasteiger partial charge in [0, 0.05) is 44.8 Å². The molecule has 7 heteroatoms. The number of ether oxygens (including phenoxy) is 1. The average molecular weight is 308 g/mol. The van der Waals surface area contributed by atoms with Crippen LogP contribution in [0.3, 0.4) is 0 Å². The van der Waals surface area contributed by atoms with Gasteiger partial charge in [-0.05, 0) is 14.0 Å². The summed E-state index contributed by atoms with van der Waals surface area (Å²) < 4.78 is 10.7. The second-order valence-corrected chi connectivity index (χ2v) is 6.15. The Labute approximate surface area is 130 Å². The Balaban J connectivity index is 1.59. The molecule has 0 aromatic carbocycles. The van der Waals surface area contributed by atoms with Crippen molar-refractivity contribution in [3.05, 3.63) is 17.5 Å². The summed E-state index contributed by atoms with van der Waals surface area (Å²) in [5.74, 6) is 0.712. The molecule has 122 valence electrons. The number of morpholine rings is 1. The van der Waals surface area contributed by atoms with Crippen LogP contribution in [-0.4, -0.2) is 84.8 Å². The van der Waals surface area contributed by atoms with Gasteiger partial charge in [-0.1, -0.05) is 5.16 Å². The van der Waals surface area contributed by atoms with E-state index in [2.05, 4.69) is 28.9 Å². The Morgan fingerprint density at radius 1 is 1.32 bits per heavy atom. The highest BCUT2D eigenvalue weighted by Gasteiger charge is 2.27. The molecule has 7 nitrogen and oxygen atoms in total. The first-order chi connectivity index (χ1) is 10.6. The molecule has 0 spiro atoms. The summed E-state index contributed by atoms with van der Waals surface area (Å²) in [5, 5.41) is 3.96. The van der Waals surface area contributed by atoms with E-state index in [0.29, 0.717) is 18.3 Å². The number of rotatable bonds is 3. The number of aromatic nitrogens is 1. The SMILES string of the molecule is C[C@H]1CN(C(=O)c2cc(CN3CCOCC3)on2)CCN1C. The zero-order chi connectivity index (χ0) is 15.5. The Kier molecular flexibility index (Phi) is 4.75. The maximum atomic E-state index is 12.5. The largest absolute Gasteiger partial charge is 0.379 e. The van der Waals surface area contributed by atoms with Crippen molar-refractivity contribution < 1.29 is 14.1 Å². The summed E-state index contributed by atoms with van der Waals surface area (Å²) in [6, 6.07) is 2.15. The number of hydrogen-bond acceptors (Lipinski definition) is 6.